The molecule has 2 N–H and O–H groups in total. The summed E-state index contributed by atoms with van der Waals surface area (Å²) in [6, 6.07) is 2.18. The molecule has 168 valence electrons. The second-order valence-corrected chi connectivity index (χ2v) is 12.3. The summed E-state index contributed by atoms with van der Waals surface area (Å²) in [6.45, 7) is 9.17. The van der Waals surface area contributed by atoms with Crippen molar-refractivity contribution in [3.8, 4) is 0 Å². The summed E-state index contributed by atoms with van der Waals surface area (Å²) in [6.07, 6.45) is 4.82. The molecule has 4 aliphatic heterocycles. The predicted octanol–water partition coefficient (Wildman–Crippen LogP) is 2.87. The van der Waals surface area contributed by atoms with Crippen LogP contribution in [-0.4, -0.2) is 69.2 Å². The maximum atomic E-state index is 13.2. The molecule has 9 heteroatoms. The maximum Gasteiger partial charge on any atom is 0.167 e. The van der Waals surface area contributed by atoms with E-state index >= 15 is 0 Å². The molecule has 5 heterocycles. The second kappa shape index (κ2) is 8.57. The van der Waals surface area contributed by atoms with Crippen LogP contribution in [0.5, 0.6) is 0 Å². The zero-order chi connectivity index (χ0) is 21.4. The summed E-state index contributed by atoms with van der Waals surface area (Å²) in [5.74, 6) is 2.00. The molecule has 0 amide bonds. The number of aliphatic imine (C=N–C) groups is 1. The number of fused-ring (bicyclic) bond motifs is 1. The molecule has 1 aromatic heterocycles. The molecule has 8 nitrogen and oxygen atoms in total. The van der Waals surface area contributed by atoms with Crippen LogP contribution >= 0.6 is 7.14 Å². The Bertz CT molecular complexity index is 944. The van der Waals surface area contributed by atoms with E-state index in [1.807, 2.05) is 6.20 Å². The van der Waals surface area contributed by atoms with Crippen molar-refractivity contribution in [1.29, 1.82) is 0 Å². The van der Waals surface area contributed by atoms with Crippen molar-refractivity contribution in [3.63, 3.8) is 0 Å². The maximum absolute atomic E-state index is 13.2. The number of rotatable bonds is 3. The summed E-state index contributed by atoms with van der Waals surface area (Å²) in [7, 11) is -2.61. The van der Waals surface area contributed by atoms with Gasteiger partial charge >= 0.3 is 0 Å². The molecule has 0 radical (unpaired) electrons. The van der Waals surface area contributed by atoms with Crippen LogP contribution in [0, 0.1) is 5.92 Å². The third-order valence-corrected chi connectivity index (χ3v) is 7.97. The zero-order valence-corrected chi connectivity index (χ0v) is 19.3. The Morgan fingerprint density at radius 2 is 1.97 bits per heavy atom. The lowest BCUT2D eigenvalue weighted by Gasteiger charge is -2.33. The number of hydrogen-bond donors (Lipinski definition) is 2. The van der Waals surface area contributed by atoms with E-state index in [4.69, 9.17) is 14.5 Å². The quantitative estimate of drug-likeness (QED) is 0.692. The first kappa shape index (κ1) is 21.0. The highest BCUT2D eigenvalue weighted by molar-refractivity contribution is 7.80. The van der Waals surface area contributed by atoms with Gasteiger partial charge in [0.1, 0.15) is 25.0 Å². The number of dihydropyridines is 1. The first-order valence-electron chi connectivity index (χ1n) is 11.3. The van der Waals surface area contributed by atoms with E-state index < -0.39 is 7.14 Å². The van der Waals surface area contributed by atoms with Gasteiger partial charge in [0.25, 0.3) is 0 Å². The van der Waals surface area contributed by atoms with E-state index in [2.05, 4.69) is 26.6 Å². The second-order valence-electron chi connectivity index (χ2n) is 9.14. The highest BCUT2D eigenvalue weighted by Gasteiger charge is 2.37. The smallest absolute Gasteiger partial charge is 0.167 e. The van der Waals surface area contributed by atoms with Gasteiger partial charge in [0.05, 0.1) is 30.5 Å². The number of hydrogen-bond acceptors (Lipinski definition) is 8. The molecular formula is C22H32N5O3P. The van der Waals surface area contributed by atoms with Gasteiger partial charge in [0, 0.05) is 31.4 Å². The SMILES string of the molecule is CP(C)(=O)C1=NC(C2CCNCC2)CC2=C1OCc1c(N3CCOCC3)ccnc1N2. The fourth-order valence-corrected chi connectivity index (χ4v) is 6.08. The van der Waals surface area contributed by atoms with Crippen LogP contribution in [0.1, 0.15) is 24.8 Å². The van der Waals surface area contributed by atoms with E-state index in [9.17, 15) is 4.57 Å². The first-order chi connectivity index (χ1) is 15.0. The van der Waals surface area contributed by atoms with Crippen LogP contribution in [0.3, 0.4) is 0 Å². The molecule has 2 saturated heterocycles. The summed E-state index contributed by atoms with van der Waals surface area (Å²) in [5.41, 5.74) is 3.79. The number of allylic oxidation sites excluding steroid dienone is 1. The Labute approximate surface area is 183 Å². The molecule has 4 aliphatic rings. The molecule has 1 unspecified atom stereocenters. The molecule has 1 atom stereocenters. The van der Waals surface area contributed by atoms with Crippen LogP contribution in [-0.2, 0) is 20.6 Å². The van der Waals surface area contributed by atoms with Crippen molar-refractivity contribution in [1.82, 2.24) is 10.3 Å². The van der Waals surface area contributed by atoms with Gasteiger partial charge < -0.3 is 29.6 Å². The van der Waals surface area contributed by atoms with E-state index in [0.717, 1.165) is 81.4 Å². The Balaban J connectivity index is 1.48. The Morgan fingerprint density at radius 1 is 1.19 bits per heavy atom. The summed E-state index contributed by atoms with van der Waals surface area (Å²) >= 11 is 0. The minimum atomic E-state index is -2.61. The zero-order valence-electron chi connectivity index (χ0n) is 18.4. The third kappa shape index (κ3) is 4.26. The van der Waals surface area contributed by atoms with Gasteiger partial charge in [-0.1, -0.05) is 0 Å². The molecular weight excluding hydrogens is 413 g/mol. The van der Waals surface area contributed by atoms with Gasteiger partial charge in [0.15, 0.2) is 5.76 Å². The van der Waals surface area contributed by atoms with Gasteiger partial charge in [0.2, 0.25) is 0 Å². The average molecular weight is 446 g/mol. The summed E-state index contributed by atoms with van der Waals surface area (Å²) < 4.78 is 25.1. The van der Waals surface area contributed by atoms with Crippen LogP contribution in [0.4, 0.5) is 11.5 Å². The lowest BCUT2D eigenvalue weighted by Crippen LogP contribution is -2.37. The minimum Gasteiger partial charge on any atom is -0.484 e. The molecule has 5 rings (SSSR count). The van der Waals surface area contributed by atoms with E-state index in [1.165, 1.54) is 0 Å². The third-order valence-electron chi connectivity index (χ3n) is 6.63. The van der Waals surface area contributed by atoms with Crippen molar-refractivity contribution < 1.29 is 14.0 Å². The van der Waals surface area contributed by atoms with Crippen molar-refractivity contribution in [2.24, 2.45) is 10.9 Å². The lowest BCUT2D eigenvalue weighted by atomic mass is 9.87. The van der Waals surface area contributed by atoms with Gasteiger partial charge in [-0.05, 0) is 51.2 Å². The topological polar surface area (TPSA) is 88.1 Å². The normalized spacial score (nSPS) is 25.0. The molecule has 0 aromatic carbocycles. The highest BCUT2D eigenvalue weighted by Crippen LogP contribution is 2.47. The largest absolute Gasteiger partial charge is 0.484 e. The highest BCUT2D eigenvalue weighted by atomic mass is 31.2. The van der Waals surface area contributed by atoms with E-state index in [0.29, 0.717) is 23.7 Å². The molecule has 1 aromatic rings. The number of pyridine rings is 1. The number of anilines is 2. The average Bonchev–Trinajstić information content (AvgIpc) is 2.98. The predicted molar refractivity (Wildman–Crippen MR) is 124 cm³/mol. The molecule has 0 bridgehead atoms. The molecule has 31 heavy (non-hydrogen) atoms. The Kier molecular flexibility index (Phi) is 5.80. The van der Waals surface area contributed by atoms with E-state index in [-0.39, 0.29) is 6.04 Å². The van der Waals surface area contributed by atoms with Crippen molar-refractivity contribution >= 4 is 24.1 Å². The van der Waals surface area contributed by atoms with Gasteiger partial charge in [-0.3, -0.25) is 4.99 Å². The fourth-order valence-electron chi connectivity index (χ4n) is 4.96. The van der Waals surface area contributed by atoms with E-state index in [1.54, 1.807) is 13.3 Å². The van der Waals surface area contributed by atoms with Crippen molar-refractivity contribution in [2.75, 3.05) is 62.9 Å². The van der Waals surface area contributed by atoms with Gasteiger partial charge in [-0.2, -0.15) is 0 Å². The number of ether oxygens (including phenoxy) is 2. The monoisotopic (exact) mass is 445 g/mol. The van der Waals surface area contributed by atoms with Crippen molar-refractivity contribution in [2.45, 2.75) is 31.9 Å². The number of piperidine rings is 1. The Morgan fingerprint density at radius 3 is 2.71 bits per heavy atom. The standard InChI is InChI=1S/C22H32N5O3P/c1-31(2,28)22-20-18(13-17(26-22)15-3-6-23-7-4-15)25-21-16(14-30-20)19(5-8-24-21)27-9-11-29-12-10-27/h5,8,15,17,23H,3-4,6-7,9-14H2,1-2H3,(H,24,25). The minimum absolute atomic E-state index is 0.129. The molecule has 2 fully saturated rings. The van der Waals surface area contributed by atoms with Crippen LogP contribution in [0.2, 0.25) is 0 Å². The van der Waals surface area contributed by atoms with Crippen LogP contribution < -0.4 is 15.5 Å². The van der Waals surface area contributed by atoms with Gasteiger partial charge in [-0.25, -0.2) is 4.98 Å². The summed E-state index contributed by atoms with van der Waals surface area (Å²) in [4.78, 5) is 12.0. The summed E-state index contributed by atoms with van der Waals surface area (Å²) in [5, 5.41) is 7.01. The Hall–Kier alpha value is -1.89. The first-order valence-corrected chi connectivity index (χ1v) is 13.9. The van der Waals surface area contributed by atoms with Crippen molar-refractivity contribution in [3.05, 3.63) is 29.3 Å². The number of nitrogens with zero attached hydrogens (tertiary/aromatic N) is 3. The van der Waals surface area contributed by atoms with Crippen LogP contribution in [0.25, 0.3) is 0 Å². The number of nitrogens with one attached hydrogen (secondary N) is 2. The number of aromatic nitrogens is 1. The molecule has 0 aliphatic carbocycles. The van der Waals surface area contributed by atoms with Gasteiger partial charge in [-0.15, -0.1) is 0 Å². The fraction of sp³-hybridized carbons (Fsp3) is 0.636. The van der Waals surface area contributed by atoms with Crippen LogP contribution in [0.15, 0.2) is 28.7 Å². The molecule has 0 saturated carbocycles. The molecule has 0 spiro atoms. The lowest BCUT2D eigenvalue weighted by molar-refractivity contribution is 0.122. The number of morpholine rings is 1.